The summed E-state index contributed by atoms with van der Waals surface area (Å²) in [5, 5.41) is 0. The highest BCUT2D eigenvalue weighted by molar-refractivity contribution is 5.77. The van der Waals surface area contributed by atoms with Gasteiger partial charge in [-0.05, 0) is 12.8 Å². The summed E-state index contributed by atoms with van der Waals surface area (Å²) < 4.78 is 5.22. The van der Waals surface area contributed by atoms with Gasteiger partial charge in [0.15, 0.2) is 0 Å². The van der Waals surface area contributed by atoms with Crippen LogP contribution in [0.25, 0.3) is 0 Å². The molecule has 0 saturated heterocycles. The standard InChI is InChI=1S/C11H24N2O2/c1-3-5-7-13(8-6-12)11(14)10-15-9-4-2/h3-10,12H2,1-2H3. The van der Waals surface area contributed by atoms with Gasteiger partial charge in [0.2, 0.25) is 5.91 Å². The van der Waals surface area contributed by atoms with Gasteiger partial charge >= 0.3 is 0 Å². The number of unbranched alkanes of at least 4 members (excludes halogenated alkanes) is 1. The van der Waals surface area contributed by atoms with E-state index in [1.165, 1.54) is 0 Å². The van der Waals surface area contributed by atoms with Crippen molar-refractivity contribution in [1.29, 1.82) is 0 Å². The van der Waals surface area contributed by atoms with Crippen molar-refractivity contribution in [1.82, 2.24) is 4.90 Å². The fraction of sp³-hybridized carbons (Fsp3) is 0.909. The summed E-state index contributed by atoms with van der Waals surface area (Å²) in [7, 11) is 0. The first-order chi connectivity index (χ1) is 7.26. The number of carbonyl (C=O) groups excluding carboxylic acids is 1. The van der Waals surface area contributed by atoms with Gasteiger partial charge in [0.05, 0.1) is 0 Å². The highest BCUT2D eigenvalue weighted by atomic mass is 16.5. The molecule has 0 aliphatic heterocycles. The molecule has 0 atom stereocenters. The van der Waals surface area contributed by atoms with Crippen molar-refractivity contribution < 1.29 is 9.53 Å². The number of ether oxygens (including phenoxy) is 1. The van der Waals surface area contributed by atoms with Crippen LogP contribution in [0.3, 0.4) is 0 Å². The lowest BCUT2D eigenvalue weighted by Crippen LogP contribution is -2.38. The topological polar surface area (TPSA) is 55.6 Å². The van der Waals surface area contributed by atoms with E-state index in [2.05, 4.69) is 6.92 Å². The second-order valence-corrected chi connectivity index (χ2v) is 3.58. The molecule has 15 heavy (non-hydrogen) atoms. The maximum absolute atomic E-state index is 11.7. The molecule has 4 nitrogen and oxygen atoms in total. The minimum atomic E-state index is 0.0577. The molecule has 2 N–H and O–H groups in total. The summed E-state index contributed by atoms with van der Waals surface area (Å²) in [5.41, 5.74) is 5.46. The average molecular weight is 216 g/mol. The smallest absolute Gasteiger partial charge is 0.248 e. The fourth-order valence-electron chi connectivity index (χ4n) is 1.26. The Kier molecular flexibility index (Phi) is 9.52. The van der Waals surface area contributed by atoms with Crippen molar-refractivity contribution in [3.63, 3.8) is 0 Å². The van der Waals surface area contributed by atoms with Crippen molar-refractivity contribution in [2.24, 2.45) is 5.73 Å². The van der Waals surface area contributed by atoms with E-state index in [1.807, 2.05) is 6.92 Å². The van der Waals surface area contributed by atoms with Crippen LogP contribution in [0.5, 0.6) is 0 Å². The van der Waals surface area contributed by atoms with E-state index in [9.17, 15) is 4.79 Å². The third-order valence-corrected chi connectivity index (χ3v) is 2.11. The first kappa shape index (κ1) is 14.4. The lowest BCUT2D eigenvalue weighted by molar-refractivity contribution is -0.136. The predicted octanol–water partition coefficient (Wildman–Crippen LogP) is 1.00. The van der Waals surface area contributed by atoms with Crippen molar-refractivity contribution in [2.75, 3.05) is 32.8 Å². The Morgan fingerprint density at radius 3 is 2.53 bits per heavy atom. The molecule has 0 aromatic heterocycles. The average Bonchev–Trinajstić information content (AvgIpc) is 2.24. The van der Waals surface area contributed by atoms with Gasteiger partial charge in [0.25, 0.3) is 0 Å². The first-order valence-corrected chi connectivity index (χ1v) is 5.81. The molecular formula is C11H24N2O2. The van der Waals surface area contributed by atoms with E-state index in [-0.39, 0.29) is 12.5 Å². The van der Waals surface area contributed by atoms with Gasteiger partial charge in [-0.1, -0.05) is 20.3 Å². The highest BCUT2D eigenvalue weighted by Gasteiger charge is 2.11. The number of amides is 1. The van der Waals surface area contributed by atoms with E-state index in [4.69, 9.17) is 10.5 Å². The quantitative estimate of drug-likeness (QED) is 0.585. The molecule has 1 amide bonds. The van der Waals surface area contributed by atoms with E-state index in [0.717, 1.165) is 25.8 Å². The highest BCUT2D eigenvalue weighted by Crippen LogP contribution is 1.96. The normalized spacial score (nSPS) is 10.3. The second-order valence-electron chi connectivity index (χ2n) is 3.58. The number of nitrogens with two attached hydrogens (primary N) is 1. The van der Waals surface area contributed by atoms with Gasteiger partial charge in [-0.25, -0.2) is 0 Å². The zero-order valence-corrected chi connectivity index (χ0v) is 10.00. The Morgan fingerprint density at radius 1 is 1.27 bits per heavy atom. The van der Waals surface area contributed by atoms with Crippen molar-refractivity contribution >= 4 is 5.91 Å². The van der Waals surface area contributed by atoms with Crippen LogP contribution in [0.15, 0.2) is 0 Å². The molecule has 0 aliphatic rings. The lowest BCUT2D eigenvalue weighted by Gasteiger charge is -2.21. The summed E-state index contributed by atoms with van der Waals surface area (Å²) in [5.74, 6) is 0.0577. The van der Waals surface area contributed by atoms with Crippen molar-refractivity contribution in [3.8, 4) is 0 Å². The summed E-state index contributed by atoms with van der Waals surface area (Å²) in [6, 6.07) is 0. The summed E-state index contributed by atoms with van der Waals surface area (Å²) in [6.45, 7) is 6.92. The van der Waals surface area contributed by atoms with Crippen molar-refractivity contribution in [2.45, 2.75) is 33.1 Å². The molecule has 4 heteroatoms. The van der Waals surface area contributed by atoms with Crippen LogP contribution < -0.4 is 5.73 Å². The molecule has 90 valence electrons. The Hall–Kier alpha value is -0.610. The van der Waals surface area contributed by atoms with Gasteiger partial charge in [-0.3, -0.25) is 4.79 Å². The molecule has 0 heterocycles. The van der Waals surface area contributed by atoms with E-state index in [0.29, 0.717) is 19.7 Å². The molecule has 0 radical (unpaired) electrons. The van der Waals surface area contributed by atoms with Crippen LogP contribution >= 0.6 is 0 Å². The van der Waals surface area contributed by atoms with Crippen LogP contribution in [0.4, 0.5) is 0 Å². The molecule has 0 saturated carbocycles. The molecule has 0 unspecified atom stereocenters. The van der Waals surface area contributed by atoms with Gasteiger partial charge < -0.3 is 15.4 Å². The molecule has 0 spiro atoms. The van der Waals surface area contributed by atoms with E-state index >= 15 is 0 Å². The molecule has 0 rings (SSSR count). The zero-order valence-electron chi connectivity index (χ0n) is 10.00. The van der Waals surface area contributed by atoms with Gasteiger partial charge in [-0.15, -0.1) is 0 Å². The Labute approximate surface area is 92.8 Å². The van der Waals surface area contributed by atoms with Crippen LogP contribution in [-0.2, 0) is 9.53 Å². The van der Waals surface area contributed by atoms with Gasteiger partial charge in [-0.2, -0.15) is 0 Å². The minimum absolute atomic E-state index is 0.0577. The molecule has 0 aromatic carbocycles. The third-order valence-electron chi connectivity index (χ3n) is 2.11. The fourth-order valence-corrected chi connectivity index (χ4v) is 1.26. The number of hydrogen-bond acceptors (Lipinski definition) is 3. The van der Waals surface area contributed by atoms with Crippen LogP contribution in [0, 0.1) is 0 Å². The summed E-state index contributed by atoms with van der Waals surface area (Å²) >= 11 is 0. The Bertz CT molecular complexity index is 163. The number of rotatable bonds is 9. The summed E-state index contributed by atoms with van der Waals surface area (Å²) in [4.78, 5) is 13.5. The molecule has 0 fully saturated rings. The largest absolute Gasteiger partial charge is 0.372 e. The molecular weight excluding hydrogens is 192 g/mol. The molecule has 0 aliphatic carbocycles. The Morgan fingerprint density at radius 2 is 2.00 bits per heavy atom. The number of carbonyl (C=O) groups is 1. The van der Waals surface area contributed by atoms with Crippen LogP contribution in [-0.4, -0.2) is 43.7 Å². The molecule has 0 aromatic rings. The van der Waals surface area contributed by atoms with Crippen LogP contribution in [0.2, 0.25) is 0 Å². The first-order valence-electron chi connectivity index (χ1n) is 5.81. The minimum Gasteiger partial charge on any atom is -0.372 e. The monoisotopic (exact) mass is 216 g/mol. The number of hydrogen-bond donors (Lipinski definition) is 1. The summed E-state index contributed by atoms with van der Waals surface area (Å²) in [6.07, 6.45) is 3.06. The van der Waals surface area contributed by atoms with Crippen molar-refractivity contribution in [3.05, 3.63) is 0 Å². The van der Waals surface area contributed by atoms with E-state index < -0.39 is 0 Å². The third kappa shape index (κ3) is 7.33. The van der Waals surface area contributed by atoms with Crippen LogP contribution in [0.1, 0.15) is 33.1 Å². The maximum Gasteiger partial charge on any atom is 0.248 e. The number of nitrogens with zero attached hydrogens (tertiary/aromatic N) is 1. The SMILES string of the molecule is CCCCN(CCN)C(=O)COCCC. The lowest BCUT2D eigenvalue weighted by atomic mass is 10.3. The second kappa shape index (κ2) is 9.93. The Balaban J connectivity index is 3.81. The zero-order chi connectivity index (χ0) is 11.5. The predicted molar refractivity (Wildman–Crippen MR) is 61.7 cm³/mol. The van der Waals surface area contributed by atoms with Gasteiger partial charge in [0.1, 0.15) is 6.61 Å². The molecule has 0 bridgehead atoms. The maximum atomic E-state index is 11.7. The van der Waals surface area contributed by atoms with Gasteiger partial charge in [0, 0.05) is 26.2 Å². The van der Waals surface area contributed by atoms with E-state index in [1.54, 1.807) is 4.90 Å².